The number of carbonyl (C=O) groups is 1. The van der Waals surface area contributed by atoms with Crippen molar-refractivity contribution in [2.45, 2.75) is 51.8 Å². The Bertz CT molecular complexity index is 498. The van der Waals surface area contributed by atoms with Crippen molar-refractivity contribution in [2.75, 3.05) is 20.1 Å². The van der Waals surface area contributed by atoms with Gasteiger partial charge in [0.1, 0.15) is 5.60 Å². The van der Waals surface area contributed by atoms with Crippen molar-refractivity contribution in [3.8, 4) is 0 Å². The van der Waals surface area contributed by atoms with Crippen molar-refractivity contribution in [3.05, 3.63) is 30.1 Å². The average Bonchev–Trinajstić information content (AvgIpc) is 2.95. The molecule has 2 heterocycles. The Kier molecular flexibility index (Phi) is 5.06. The molecule has 0 radical (unpaired) electrons. The van der Waals surface area contributed by atoms with Crippen molar-refractivity contribution in [2.24, 2.45) is 0 Å². The number of hydrogen-bond acceptors (Lipinski definition) is 4. The van der Waals surface area contributed by atoms with E-state index < -0.39 is 5.60 Å². The first-order chi connectivity index (χ1) is 10.3. The molecule has 122 valence electrons. The van der Waals surface area contributed by atoms with E-state index in [1.54, 1.807) is 4.90 Å². The molecule has 0 N–H and O–H groups in total. The SMILES string of the molecule is C[C@@H](c1ccccn1)N(C)[C@H]1CCN(C(=O)OC(C)(C)C)C1. The lowest BCUT2D eigenvalue weighted by atomic mass is 10.1. The first-order valence-electron chi connectivity index (χ1n) is 7.89. The summed E-state index contributed by atoms with van der Waals surface area (Å²) in [5, 5.41) is 0. The summed E-state index contributed by atoms with van der Waals surface area (Å²) in [5.74, 6) is 0. The summed E-state index contributed by atoms with van der Waals surface area (Å²) in [6, 6.07) is 6.54. The number of rotatable bonds is 3. The molecule has 0 bridgehead atoms. The number of amides is 1. The number of carbonyl (C=O) groups excluding carboxylic acids is 1. The summed E-state index contributed by atoms with van der Waals surface area (Å²) in [7, 11) is 2.10. The lowest BCUT2D eigenvalue weighted by Crippen LogP contribution is -2.40. The van der Waals surface area contributed by atoms with Crippen LogP contribution in [-0.2, 0) is 4.74 Å². The minimum Gasteiger partial charge on any atom is -0.444 e. The third kappa shape index (κ3) is 4.19. The van der Waals surface area contributed by atoms with E-state index in [4.69, 9.17) is 4.74 Å². The topological polar surface area (TPSA) is 45.7 Å². The summed E-state index contributed by atoms with van der Waals surface area (Å²) in [5.41, 5.74) is 0.614. The normalized spacial score (nSPS) is 20.3. The fraction of sp³-hybridized carbons (Fsp3) is 0.647. The summed E-state index contributed by atoms with van der Waals surface area (Å²) in [6.45, 7) is 9.30. The van der Waals surface area contributed by atoms with Crippen LogP contribution in [0.3, 0.4) is 0 Å². The van der Waals surface area contributed by atoms with Crippen LogP contribution < -0.4 is 0 Å². The molecule has 0 aliphatic carbocycles. The maximum atomic E-state index is 12.1. The van der Waals surface area contributed by atoms with Crippen molar-refractivity contribution in [3.63, 3.8) is 0 Å². The average molecular weight is 305 g/mol. The van der Waals surface area contributed by atoms with E-state index >= 15 is 0 Å². The minimum absolute atomic E-state index is 0.214. The van der Waals surface area contributed by atoms with Gasteiger partial charge in [-0.15, -0.1) is 0 Å². The second-order valence-corrected chi connectivity index (χ2v) is 6.96. The molecule has 5 nitrogen and oxygen atoms in total. The van der Waals surface area contributed by atoms with Gasteiger partial charge in [-0.05, 0) is 53.3 Å². The predicted octanol–water partition coefficient (Wildman–Crippen LogP) is 3.08. The highest BCUT2D eigenvalue weighted by molar-refractivity contribution is 5.68. The molecule has 1 fully saturated rings. The standard InChI is InChI=1S/C17H27N3O2/c1-13(15-8-6-7-10-18-15)19(5)14-9-11-20(12-14)16(21)22-17(2,3)4/h6-8,10,13-14H,9,11-12H2,1-5H3/t13-,14-/m0/s1. The van der Waals surface area contributed by atoms with E-state index in [0.29, 0.717) is 12.6 Å². The Morgan fingerprint density at radius 1 is 1.45 bits per heavy atom. The summed E-state index contributed by atoms with van der Waals surface area (Å²) < 4.78 is 5.45. The fourth-order valence-electron chi connectivity index (χ4n) is 2.71. The highest BCUT2D eigenvalue weighted by atomic mass is 16.6. The Balaban J connectivity index is 1.94. The number of pyridine rings is 1. The van der Waals surface area contributed by atoms with Crippen LogP contribution >= 0.6 is 0 Å². The highest BCUT2D eigenvalue weighted by Crippen LogP contribution is 2.24. The Hall–Kier alpha value is -1.62. The molecule has 0 aromatic carbocycles. The van der Waals surface area contributed by atoms with Gasteiger partial charge in [-0.2, -0.15) is 0 Å². The van der Waals surface area contributed by atoms with Crippen LogP contribution in [0.4, 0.5) is 4.79 Å². The maximum absolute atomic E-state index is 12.1. The minimum atomic E-state index is -0.442. The van der Waals surface area contributed by atoms with Crippen LogP contribution in [0.1, 0.15) is 45.9 Å². The van der Waals surface area contributed by atoms with Crippen LogP contribution in [0.25, 0.3) is 0 Å². The maximum Gasteiger partial charge on any atom is 0.410 e. The van der Waals surface area contributed by atoms with E-state index in [1.807, 2.05) is 45.2 Å². The fourth-order valence-corrected chi connectivity index (χ4v) is 2.71. The number of aromatic nitrogens is 1. The van der Waals surface area contributed by atoms with E-state index in [9.17, 15) is 4.79 Å². The summed E-state index contributed by atoms with van der Waals surface area (Å²) in [4.78, 5) is 20.7. The van der Waals surface area contributed by atoms with Crippen LogP contribution in [0.2, 0.25) is 0 Å². The molecule has 1 saturated heterocycles. The monoisotopic (exact) mass is 305 g/mol. The van der Waals surface area contributed by atoms with E-state index in [-0.39, 0.29) is 12.1 Å². The van der Waals surface area contributed by atoms with Crippen molar-refractivity contribution >= 4 is 6.09 Å². The molecule has 22 heavy (non-hydrogen) atoms. The van der Waals surface area contributed by atoms with Gasteiger partial charge in [-0.1, -0.05) is 6.07 Å². The van der Waals surface area contributed by atoms with Gasteiger partial charge in [-0.25, -0.2) is 4.79 Å². The third-order valence-electron chi connectivity index (χ3n) is 4.12. The summed E-state index contributed by atoms with van der Waals surface area (Å²) >= 11 is 0. The number of ether oxygens (including phenoxy) is 1. The van der Waals surface area contributed by atoms with Crippen molar-refractivity contribution in [1.29, 1.82) is 0 Å². The lowest BCUT2D eigenvalue weighted by molar-refractivity contribution is 0.0278. The first kappa shape index (κ1) is 16.7. The van der Waals surface area contributed by atoms with E-state index in [1.165, 1.54) is 0 Å². The van der Waals surface area contributed by atoms with Gasteiger partial charge in [0.25, 0.3) is 0 Å². The number of nitrogens with zero attached hydrogens (tertiary/aromatic N) is 3. The molecule has 2 atom stereocenters. The molecular weight excluding hydrogens is 278 g/mol. The molecule has 1 aliphatic rings. The molecule has 0 spiro atoms. The first-order valence-corrected chi connectivity index (χ1v) is 7.89. The summed E-state index contributed by atoms with van der Waals surface area (Å²) in [6.07, 6.45) is 2.57. The van der Waals surface area contributed by atoms with Gasteiger partial charge in [-0.3, -0.25) is 9.88 Å². The molecule has 0 saturated carbocycles. The third-order valence-corrected chi connectivity index (χ3v) is 4.12. The van der Waals surface area contributed by atoms with Crippen LogP contribution in [-0.4, -0.2) is 52.7 Å². The Morgan fingerprint density at radius 2 is 2.18 bits per heavy atom. The molecule has 1 amide bonds. The van der Waals surface area contributed by atoms with Gasteiger partial charge >= 0.3 is 6.09 Å². The zero-order valence-corrected chi connectivity index (χ0v) is 14.2. The Morgan fingerprint density at radius 3 is 2.77 bits per heavy atom. The second kappa shape index (κ2) is 6.65. The van der Waals surface area contributed by atoms with Crippen LogP contribution in [0.5, 0.6) is 0 Å². The van der Waals surface area contributed by atoms with E-state index in [2.05, 4.69) is 23.9 Å². The van der Waals surface area contributed by atoms with Crippen molar-refractivity contribution < 1.29 is 9.53 Å². The second-order valence-electron chi connectivity index (χ2n) is 6.96. The predicted molar refractivity (Wildman–Crippen MR) is 86.6 cm³/mol. The van der Waals surface area contributed by atoms with Gasteiger partial charge < -0.3 is 9.64 Å². The molecular formula is C17H27N3O2. The number of hydrogen-bond donors (Lipinski definition) is 0. The van der Waals surface area contributed by atoms with Gasteiger partial charge in [0.15, 0.2) is 0 Å². The van der Waals surface area contributed by atoms with Gasteiger partial charge in [0.2, 0.25) is 0 Å². The molecule has 1 aliphatic heterocycles. The smallest absolute Gasteiger partial charge is 0.410 e. The van der Waals surface area contributed by atoms with Crippen LogP contribution in [0.15, 0.2) is 24.4 Å². The quantitative estimate of drug-likeness (QED) is 0.861. The lowest BCUT2D eigenvalue weighted by Gasteiger charge is -2.30. The van der Waals surface area contributed by atoms with Gasteiger partial charge in [0.05, 0.1) is 5.69 Å². The van der Waals surface area contributed by atoms with Gasteiger partial charge in [0, 0.05) is 31.4 Å². The highest BCUT2D eigenvalue weighted by Gasteiger charge is 2.33. The molecule has 2 rings (SSSR count). The molecule has 0 unspecified atom stereocenters. The van der Waals surface area contributed by atoms with E-state index in [0.717, 1.165) is 18.7 Å². The Labute approximate surface area is 133 Å². The molecule has 1 aromatic rings. The number of likely N-dealkylation sites (N-methyl/N-ethyl adjacent to an activating group) is 1. The molecule has 1 aromatic heterocycles. The zero-order chi connectivity index (χ0) is 16.3. The number of likely N-dealkylation sites (tertiary alicyclic amines) is 1. The van der Waals surface area contributed by atoms with Crippen molar-refractivity contribution in [1.82, 2.24) is 14.8 Å². The zero-order valence-electron chi connectivity index (χ0n) is 14.2. The molecule has 5 heteroatoms. The largest absolute Gasteiger partial charge is 0.444 e. The van der Waals surface area contributed by atoms with Crippen LogP contribution in [0, 0.1) is 0 Å².